The normalized spacial score (nSPS) is 16.4. The van der Waals surface area contributed by atoms with Crippen LogP contribution in [0.25, 0.3) is 11.3 Å². The summed E-state index contributed by atoms with van der Waals surface area (Å²) >= 11 is 0. The van der Waals surface area contributed by atoms with Crippen LogP contribution in [0.5, 0.6) is 0 Å². The van der Waals surface area contributed by atoms with Gasteiger partial charge in [0.25, 0.3) is 0 Å². The second-order valence-corrected chi connectivity index (χ2v) is 7.92. The van der Waals surface area contributed by atoms with Crippen molar-refractivity contribution in [2.24, 2.45) is 7.05 Å². The van der Waals surface area contributed by atoms with Gasteiger partial charge in [-0.15, -0.1) is 0 Å². The molecule has 1 fully saturated rings. The van der Waals surface area contributed by atoms with Gasteiger partial charge in [0, 0.05) is 31.7 Å². The predicted octanol–water partition coefficient (Wildman–Crippen LogP) is 3.86. The number of nitrogens with zero attached hydrogens (tertiary/aromatic N) is 4. The van der Waals surface area contributed by atoms with Crippen LogP contribution in [0.2, 0.25) is 0 Å². The lowest BCUT2D eigenvalue weighted by atomic mass is 10.1. The van der Waals surface area contributed by atoms with Gasteiger partial charge in [-0.1, -0.05) is 30.3 Å². The summed E-state index contributed by atoms with van der Waals surface area (Å²) in [5.74, 6) is 0.600. The number of pyridine rings is 1. The molecule has 0 radical (unpaired) electrons. The summed E-state index contributed by atoms with van der Waals surface area (Å²) in [5.41, 5.74) is 2.66. The molecule has 32 heavy (non-hydrogen) atoms. The topological polar surface area (TPSA) is 95.3 Å². The van der Waals surface area contributed by atoms with Crippen LogP contribution in [0.4, 0.5) is 20.7 Å². The van der Waals surface area contributed by atoms with Crippen LogP contribution in [0, 0.1) is 5.82 Å². The maximum atomic E-state index is 14.3. The third-order valence-corrected chi connectivity index (χ3v) is 5.67. The summed E-state index contributed by atoms with van der Waals surface area (Å²) in [7, 11) is 1.89. The van der Waals surface area contributed by atoms with Crippen molar-refractivity contribution < 1.29 is 14.3 Å². The summed E-state index contributed by atoms with van der Waals surface area (Å²) in [6.07, 6.45) is 3.22. The minimum atomic E-state index is -0.979. The fraction of sp³-hybridized carbons (Fsp3) is 0.348. The number of anilines is 2. The first-order chi connectivity index (χ1) is 15.5. The van der Waals surface area contributed by atoms with Crippen molar-refractivity contribution in [2.75, 3.05) is 23.3 Å². The SMILES string of the molecule is Cn1ncc(NCc2ccc(F)c(-c3ccccc3)n2)c1N1CCCC(NC(=O)O)CC1. The van der Waals surface area contributed by atoms with Crippen LogP contribution >= 0.6 is 0 Å². The van der Waals surface area contributed by atoms with E-state index in [1.54, 1.807) is 12.3 Å². The van der Waals surface area contributed by atoms with Crippen molar-refractivity contribution >= 4 is 17.6 Å². The zero-order valence-corrected chi connectivity index (χ0v) is 18.0. The van der Waals surface area contributed by atoms with Crippen LogP contribution in [0.3, 0.4) is 0 Å². The van der Waals surface area contributed by atoms with Crippen LogP contribution in [-0.4, -0.2) is 45.1 Å². The van der Waals surface area contributed by atoms with Crippen LogP contribution in [-0.2, 0) is 13.6 Å². The molecule has 168 valence electrons. The van der Waals surface area contributed by atoms with E-state index in [2.05, 4.69) is 25.6 Å². The fourth-order valence-corrected chi connectivity index (χ4v) is 4.12. The molecule has 2 aromatic heterocycles. The molecule has 1 unspecified atom stereocenters. The van der Waals surface area contributed by atoms with E-state index in [0.717, 1.165) is 55.1 Å². The Bertz CT molecular complexity index is 1070. The van der Waals surface area contributed by atoms with Gasteiger partial charge in [0.05, 0.1) is 24.1 Å². The Balaban J connectivity index is 1.47. The first-order valence-corrected chi connectivity index (χ1v) is 10.7. The summed E-state index contributed by atoms with van der Waals surface area (Å²) in [5, 5.41) is 19.4. The largest absolute Gasteiger partial charge is 0.465 e. The van der Waals surface area contributed by atoms with E-state index < -0.39 is 6.09 Å². The third kappa shape index (κ3) is 4.99. The molecule has 0 spiro atoms. The molecule has 4 rings (SSSR count). The lowest BCUT2D eigenvalue weighted by Crippen LogP contribution is -2.34. The zero-order valence-electron chi connectivity index (χ0n) is 18.0. The zero-order chi connectivity index (χ0) is 22.5. The van der Waals surface area contributed by atoms with Crippen LogP contribution in [0.1, 0.15) is 25.0 Å². The highest BCUT2D eigenvalue weighted by molar-refractivity contribution is 5.66. The summed E-state index contributed by atoms with van der Waals surface area (Å²) < 4.78 is 16.2. The molecule has 9 heteroatoms. The number of hydrogen-bond acceptors (Lipinski definition) is 5. The van der Waals surface area contributed by atoms with E-state index in [0.29, 0.717) is 12.2 Å². The Kier molecular flexibility index (Phi) is 6.53. The highest BCUT2D eigenvalue weighted by atomic mass is 19.1. The molecule has 3 aromatic rings. The summed E-state index contributed by atoms with van der Waals surface area (Å²) in [6, 6.07) is 12.4. The molecule has 3 heterocycles. The van der Waals surface area contributed by atoms with Crippen molar-refractivity contribution in [1.82, 2.24) is 20.1 Å². The van der Waals surface area contributed by atoms with E-state index in [1.165, 1.54) is 6.07 Å². The van der Waals surface area contributed by atoms with Gasteiger partial charge < -0.3 is 20.6 Å². The Morgan fingerprint density at radius 1 is 1.19 bits per heavy atom. The molecule has 1 aliphatic rings. The first kappa shape index (κ1) is 21.6. The number of amides is 1. The molecule has 8 nitrogen and oxygen atoms in total. The van der Waals surface area contributed by atoms with Crippen molar-refractivity contribution in [3.63, 3.8) is 0 Å². The van der Waals surface area contributed by atoms with Crippen LogP contribution in [0.15, 0.2) is 48.7 Å². The minimum absolute atomic E-state index is 0.0399. The maximum Gasteiger partial charge on any atom is 0.404 e. The quantitative estimate of drug-likeness (QED) is 0.541. The molecule has 1 aromatic carbocycles. The van der Waals surface area contributed by atoms with Gasteiger partial charge in [-0.05, 0) is 31.4 Å². The molecule has 3 N–H and O–H groups in total. The maximum absolute atomic E-state index is 14.3. The van der Waals surface area contributed by atoms with E-state index in [-0.39, 0.29) is 11.9 Å². The van der Waals surface area contributed by atoms with Gasteiger partial charge in [-0.25, -0.2) is 14.2 Å². The number of carboxylic acid groups (broad SMARTS) is 1. The Hall–Kier alpha value is -3.62. The predicted molar refractivity (Wildman–Crippen MR) is 121 cm³/mol. The molecular formula is C23H27FN6O2. The number of nitrogens with one attached hydrogen (secondary N) is 2. The van der Waals surface area contributed by atoms with E-state index in [9.17, 15) is 9.18 Å². The first-order valence-electron chi connectivity index (χ1n) is 10.7. The average Bonchev–Trinajstić information content (AvgIpc) is 3.00. The van der Waals surface area contributed by atoms with Crippen molar-refractivity contribution in [3.05, 3.63) is 60.2 Å². The number of halogens is 1. The van der Waals surface area contributed by atoms with Gasteiger partial charge in [0.1, 0.15) is 17.3 Å². The number of hydrogen-bond donors (Lipinski definition) is 3. The molecule has 1 aliphatic heterocycles. The van der Waals surface area contributed by atoms with Crippen LogP contribution < -0.4 is 15.5 Å². The van der Waals surface area contributed by atoms with Crippen molar-refractivity contribution in [3.8, 4) is 11.3 Å². The monoisotopic (exact) mass is 438 g/mol. The molecule has 1 amide bonds. The van der Waals surface area contributed by atoms with Gasteiger partial charge in [-0.2, -0.15) is 5.10 Å². The molecular weight excluding hydrogens is 411 g/mol. The average molecular weight is 439 g/mol. The lowest BCUT2D eigenvalue weighted by molar-refractivity contribution is 0.188. The highest BCUT2D eigenvalue weighted by Crippen LogP contribution is 2.28. The van der Waals surface area contributed by atoms with Gasteiger partial charge in [-0.3, -0.25) is 4.68 Å². The molecule has 0 saturated carbocycles. The number of aryl methyl sites for hydroxylation is 1. The number of rotatable bonds is 6. The standard InChI is InChI=1S/C23H27FN6O2/c1-29-22(30-12-5-8-17(11-13-30)28-23(31)32)20(15-26-29)25-14-18-9-10-19(24)21(27-18)16-6-3-2-4-7-16/h2-4,6-7,9-10,15,17,25,28H,5,8,11-14H2,1H3,(H,31,32). The highest BCUT2D eigenvalue weighted by Gasteiger charge is 2.22. The van der Waals surface area contributed by atoms with Gasteiger partial charge >= 0.3 is 6.09 Å². The van der Waals surface area contributed by atoms with Crippen molar-refractivity contribution in [2.45, 2.75) is 31.8 Å². The summed E-state index contributed by atoms with van der Waals surface area (Å²) in [6.45, 7) is 1.97. The number of aromatic nitrogens is 3. The summed E-state index contributed by atoms with van der Waals surface area (Å²) in [4.78, 5) is 17.7. The second kappa shape index (κ2) is 9.67. The molecule has 1 atom stereocenters. The van der Waals surface area contributed by atoms with E-state index >= 15 is 0 Å². The number of benzene rings is 1. The molecule has 0 bridgehead atoms. The fourth-order valence-electron chi connectivity index (χ4n) is 4.12. The Labute approximate surface area is 186 Å². The smallest absolute Gasteiger partial charge is 0.404 e. The van der Waals surface area contributed by atoms with Gasteiger partial charge in [0.2, 0.25) is 0 Å². The Morgan fingerprint density at radius 3 is 2.78 bits per heavy atom. The second-order valence-electron chi connectivity index (χ2n) is 7.92. The third-order valence-electron chi connectivity index (χ3n) is 5.67. The van der Waals surface area contributed by atoms with E-state index in [4.69, 9.17) is 5.11 Å². The van der Waals surface area contributed by atoms with Crippen molar-refractivity contribution in [1.29, 1.82) is 0 Å². The molecule has 0 aliphatic carbocycles. The molecule has 1 saturated heterocycles. The lowest BCUT2D eigenvalue weighted by Gasteiger charge is -2.24. The Morgan fingerprint density at radius 2 is 2.00 bits per heavy atom. The number of carbonyl (C=O) groups is 1. The van der Waals surface area contributed by atoms with E-state index in [1.807, 2.05) is 42.1 Å². The van der Waals surface area contributed by atoms with Gasteiger partial charge in [0.15, 0.2) is 0 Å². The minimum Gasteiger partial charge on any atom is -0.465 e.